The van der Waals surface area contributed by atoms with Crippen LogP contribution in [0.4, 0.5) is 5.69 Å². The maximum absolute atomic E-state index is 12.9. The van der Waals surface area contributed by atoms with E-state index < -0.39 is 10.0 Å². The second-order valence-electron chi connectivity index (χ2n) is 6.82. The van der Waals surface area contributed by atoms with Gasteiger partial charge < -0.3 is 10.1 Å². The molecule has 0 atom stereocenters. The van der Waals surface area contributed by atoms with Gasteiger partial charge in [0, 0.05) is 18.8 Å². The van der Waals surface area contributed by atoms with E-state index in [1.165, 1.54) is 4.31 Å². The Bertz CT molecular complexity index is 724. The van der Waals surface area contributed by atoms with Crippen molar-refractivity contribution in [3.05, 3.63) is 23.8 Å². The molecular weight excluding hydrogens is 366 g/mol. The molecule has 0 saturated carbocycles. The summed E-state index contributed by atoms with van der Waals surface area (Å²) in [6, 6.07) is 5.04. The first-order valence-electron chi connectivity index (χ1n) is 9.59. The average molecular weight is 398 g/mol. The van der Waals surface area contributed by atoms with E-state index in [9.17, 15) is 13.2 Å². The van der Waals surface area contributed by atoms with Crippen molar-refractivity contribution in [2.75, 3.05) is 51.3 Å². The van der Waals surface area contributed by atoms with Crippen molar-refractivity contribution in [3.63, 3.8) is 0 Å². The minimum atomic E-state index is -3.60. The number of rotatable bonds is 9. The van der Waals surface area contributed by atoms with Crippen molar-refractivity contribution < 1.29 is 17.9 Å². The Morgan fingerprint density at radius 2 is 1.81 bits per heavy atom. The lowest BCUT2D eigenvalue weighted by Crippen LogP contribution is -2.40. The zero-order valence-electron chi connectivity index (χ0n) is 16.5. The molecule has 1 N–H and O–H groups in total. The smallest absolute Gasteiger partial charge is 0.243 e. The summed E-state index contributed by atoms with van der Waals surface area (Å²) in [5.41, 5.74) is 1.17. The largest absolute Gasteiger partial charge is 0.379 e. The number of hydrogen-bond acceptors (Lipinski definition) is 5. The Morgan fingerprint density at radius 1 is 1.19 bits per heavy atom. The van der Waals surface area contributed by atoms with Gasteiger partial charge in [-0.2, -0.15) is 4.31 Å². The molecule has 2 rings (SSSR count). The molecule has 0 unspecified atom stereocenters. The van der Waals surface area contributed by atoms with Gasteiger partial charge in [0.15, 0.2) is 0 Å². The van der Waals surface area contributed by atoms with Crippen LogP contribution in [0.15, 0.2) is 23.1 Å². The van der Waals surface area contributed by atoms with Crippen molar-refractivity contribution >= 4 is 21.6 Å². The Labute approximate surface area is 162 Å². The molecule has 0 radical (unpaired) electrons. The zero-order chi connectivity index (χ0) is 19.9. The number of carbonyl (C=O) groups is 1. The highest BCUT2D eigenvalue weighted by molar-refractivity contribution is 7.89. The van der Waals surface area contributed by atoms with Crippen LogP contribution in [-0.4, -0.2) is 69.5 Å². The van der Waals surface area contributed by atoms with E-state index in [2.05, 4.69) is 24.1 Å². The zero-order valence-corrected chi connectivity index (χ0v) is 17.3. The van der Waals surface area contributed by atoms with E-state index in [0.717, 1.165) is 25.9 Å². The first-order chi connectivity index (χ1) is 12.9. The molecule has 152 valence electrons. The van der Waals surface area contributed by atoms with Gasteiger partial charge in [-0.15, -0.1) is 0 Å². The molecule has 0 aliphatic carbocycles. The predicted octanol–water partition coefficient (Wildman–Crippen LogP) is 2.08. The third-order valence-electron chi connectivity index (χ3n) is 4.51. The summed E-state index contributed by atoms with van der Waals surface area (Å²) >= 11 is 0. The lowest BCUT2D eigenvalue weighted by molar-refractivity contribution is -0.117. The van der Waals surface area contributed by atoms with Crippen LogP contribution in [0.2, 0.25) is 0 Å². The fourth-order valence-corrected chi connectivity index (χ4v) is 4.85. The summed E-state index contributed by atoms with van der Waals surface area (Å²) in [7, 11) is -3.60. The summed E-state index contributed by atoms with van der Waals surface area (Å²) in [5, 5.41) is 2.84. The van der Waals surface area contributed by atoms with Crippen LogP contribution in [0.5, 0.6) is 0 Å². The van der Waals surface area contributed by atoms with Gasteiger partial charge >= 0.3 is 0 Å². The molecule has 0 bridgehead atoms. The number of nitrogens with one attached hydrogen (secondary N) is 1. The standard InChI is InChI=1S/C19H31N3O4S/c1-4-8-21(9-5-2)15-19(23)20-17-7-6-16(3)18(14-17)27(24,25)22-10-12-26-13-11-22/h6-7,14H,4-5,8-13,15H2,1-3H3,(H,20,23). The van der Waals surface area contributed by atoms with Crippen LogP contribution in [-0.2, 0) is 19.6 Å². The average Bonchev–Trinajstić information content (AvgIpc) is 2.64. The normalized spacial score (nSPS) is 15.9. The minimum Gasteiger partial charge on any atom is -0.379 e. The quantitative estimate of drug-likeness (QED) is 0.690. The SMILES string of the molecule is CCCN(CCC)CC(=O)Nc1ccc(C)c(S(=O)(=O)N2CCOCC2)c1. The molecule has 27 heavy (non-hydrogen) atoms. The number of carbonyl (C=O) groups excluding carboxylic acids is 1. The van der Waals surface area contributed by atoms with Crippen LogP contribution < -0.4 is 5.32 Å². The van der Waals surface area contributed by atoms with Crippen LogP contribution in [0, 0.1) is 6.92 Å². The van der Waals surface area contributed by atoms with Gasteiger partial charge in [0.1, 0.15) is 0 Å². The first kappa shape index (κ1) is 21.8. The van der Waals surface area contributed by atoms with Gasteiger partial charge in [-0.25, -0.2) is 8.42 Å². The Hall–Kier alpha value is -1.48. The maximum Gasteiger partial charge on any atom is 0.243 e. The molecule has 1 aromatic carbocycles. The molecule has 7 nitrogen and oxygen atoms in total. The monoisotopic (exact) mass is 397 g/mol. The van der Waals surface area contributed by atoms with E-state index in [-0.39, 0.29) is 10.8 Å². The lowest BCUT2D eigenvalue weighted by atomic mass is 10.2. The van der Waals surface area contributed by atoms with Gasteiger partial charge in [-0.3, -0.25) is 9.69 Å². The maximum atomic E-state index is 12.9. The Kier molecular flexibility index (Phi) is 8.22. The number of amides is 1. The number of morpholine rings is 1. The topological polar surface area (TPSA) is 79.0 Å². The highest BCUT2D eigenvalue weighted by Crippen LogP contribution is 2.24. The summed E-state index contributed by atoms with van der Waals surface area (Å²) in [4.78, 5) is 14.7. The van der Waals surface area contributed by atoms with Crippen LogP contribution in [0.25, 0.3) is 0 Å². The number of anilines is 1. The predicted molar refractivity (Wildman–Crippen MR) is 106 cm³/mol. The fourth-order valence-electron chi connectivity index (χ4n) is 3.19. The van der Waals surface area contributed by atoms with E-state index in [1.54, 1.807) is 25.1 Å². The van der Waals surface area contributed by atoms with Gasteiger partial charge in [-0.05, 0) is 50.6 Å². The van der Waals surface area contributed by atoms with Crippen LogP contribution in [0.1, 0.15) is 32.3 Å². The molecule has 1 fully saturated rings. The third-order valence-corrected chi connectivity index (χ3v) is 6.55. The van der Waals surface area contributed by atoms with Crippen LogP contribution in [0.3, 0.4) is 0 Å². The second-order valence-corrected chi connectivity index (χ2v) is 8.73. The molecule has 1 aliphatic rings. The molecule has 1 saturated heterocycles. The number of sulfonamides is 1. The van der Waals surface area contributed by atoms with Crippen LogP contribution >= 0.6 is 0 Å². The third kappa shape index (κ3) is 6.00. The second kappa shape index (κ2) is 10.2. The molecule has 0 aromatic heterocycles. The molecule has 1 amide bonds. The van der Waals surface area contributed by atoms with Crippen molar-refractivity contribution in [2.24, 2.45) is 0 Å². The number of benzene rings is 1. The van der Waals surface area contributed by atoms with E-state index in [0.29, 0.717) is 44.1 Å². The van der Waals surface area contributed by atoms with Gasteiger partial charge in [0.05, 0.1) is 24.7 Å². The van der Waals surface area contributed by atoms with Crippen molar-refractivity contribution in [1.82, 2.24) is 9.21 Å². The lowest BCUT2D eigenvalue weighted by Gasteiger charge is -2.27. The Balaban J connectivity index is 2.13. The highest BCUT2D eigenvalue weighted by atomic mass is 32.2. The number of hydrogen-bond donors (Lipinski definition) is 1. The summed E-state index contributed by atoms with van der Waals surface area (Å²) < 4.78 is 32.6. The minimum absolute atomic E-state index is 0.129. The molecule has 0 spiro atoms. The van der Waals surface area contributed by atoms with E-state index >= 15 is 0 Å². The summed E-state index contributed by atoms with van der Waals surface area (Å²) in [6.07, 6.45) is 1.97. The summed E-state index contributed by atoms with van der Waals surface area (Å²) in [6.45, 7) is 9.48. The number of nitrogens with zero attached hydrogens (tertiary/aromatic N) is 2. The van der Waals surface area contributed by atoms with E-state index in [1.807, 2.05) is 0 Å². The summed E-state index contributed by atoms with van der Waals surface area (Å²) in [5.74, 6) is -0.129. The number of aryl methyl sites for hydroxylation is 1. The van der Waals surface area contributed by atoms with Crippen molar-refractivity contribution in [2.45, 2.75) is 38.5 Å². The van der Waals surface area contributed by atoms with Gasteiger partial charge in [0.25, 0.3) is 0 Å². The first-order valence-corrected chi connectivity index (χ1v) is 11.0. The fraction of sp³-hybridized carbons (Fsp3) is 0.632. The molecular formula is C19H31N3O4S. The van der Waals surface area contributed by atoms with Crippen molar-refractivity contribution in [1.29, 1.82) is 0 Å². The number of ether oxygens (including phenoxy) is 1. The molecule has 8 heteroatoms. The highest BCUT2D eigenvalue weighted by Gasteiger charge is 2.28. The molecule has 1 aromatic rings. The molecule has 1 aliphatic heterocycles. The Morgan fingerprint density at radius 3 is 2.41 bits per heavy atom. The van der Waals surface area contributed by atoms with Gasteiger partial charge in [-0.1, -0.05) is 19.9 Å². The van der Waals surface area contributed by atoms with Crippen molar-refractivity contribution in [3.8, 4) is 0 Å². The van der Waals surface area contributed by atoms with Gasteiger partial charge in [0.2, 0.25) is 15.9 Å². The van der Waals surface area contributed by atoms with E-state index in [4.69, 9.17) is 4.74 Å². The molecule has 1 heterocycles.